The van der Waals surface area contributed by atoms with Crippen LogP contribution in [-0.4, -0.2) is 9.78 Å². The van der Waals surface area contributed by atoms with Crippen molar-refractivity contribution in [1.29, 1.82) is 0 Å². The predicted molar refractivity (Wildman–Crippen MR) is 71.8 cm³/mol. The second-order valence-electron chi connectivity index (χ2n) is 3.36. The third-order valence-electron chi connectivity index (χ3n) is 2.22. The number of hydrogen-bond acceptors (Lipinski definition) is 2. The first-order valence-electron chi connectivity index (χ1n) is 4.74. The van der Waals surface area contributed by atoms with Gasteiger partial charge in [-0.1, -0.05) is 41.4 Å². The third kappa shape index (κ3) is 2.70. The summed E-state index contributed by atoms with van der Waals surface area (Å²) < 4.78 is 1.61. The Bertz CT molecular complexity index is 613. The Hall–Kier alpha value is -0.840. The van der Waals surface area contributed by atoms with Gasteiger partial charge in [-0.3, -0.25) is 4.79 Å². The molecule has 0 amide bonds. The maximum absolute atomic E-state index is 11.8. The molecule has 0 spiro atoms. The van der Waals surface area contributed by atoms with E-state index < -0.39 is 0 Å². The molecular formula is C11H7BrCl2N2O. The molecule has 0 saturated carbocycles. The molecule has 88 valence electrons. The van der Waals surface area contributed by atoms with Gasteiger partial charge in [-0.05, 0) is 27.6 Å². The Morgan fingerprint density at radius 1 is 1.24 bits per heavy atom. The molecular weight excluding hydrogens is 327 g/mol. The Kier molecular flexibility index (Phi) is 3.86. The summed E-state index contributed by atoms with van der Waals surface area (Å²) in [6.07, 6.45) is 1.42. The maximum Gasteiger partial charge on any atom is 0.282 e. The molecule has 0 fully saturated rings. The minimum Gasteiger partial charge on any atom is -0.266 e. The first kappa shape index (κ1) is 12.6. The molecule has 0 unspecified atom stereocenters. The van der Waals surface area contributed by atoms with Gasteiger partial charge in [0.1, 0.15) is 4.47 Å². The Morgan fingerprint density at radius 3 is 2.65 bits per heavy atom. The second-order valence-corrected chi connectivity index (χ2v) is 4.97. The van der Waals surface area contributed by atoms with E-state index in [4.69, 9.17) is 23.2 Å². The summed E-state index contributed by atoms with van der Waals surface area (Å²) in [6, 6.07) is 7.31. The van der Waals surface area contributed by atoms with E-state index >= 15 is 0 Å². The summed E-state index contributed by atoms with van der Waals surface area (Å²) in [5.74, 6) is 0. The van der Waals surface area contributed by atoms with Crippen molar-refractivity contribution in [3.8, 4) is 0 Å². The zero-order valence-corrected chi connectivity index (χ0v) is 11.6. The summed E-state index contributed by atoms with van der Waals surface area (Å²) in [5, 5.41) is 4.86. The van der Waals surface area contributed by atoms with E-state index in [2.05, 4.69) is 21.0 Å². The van der Waals surface area contributed by atoms with Crippen molar-refractivity contribution < 1.29 is 0 Å². The molecule has 0 aliphatic heterocycles. The van der Waals surface area contributed by atoms with Gasteiger partial charge in [-0.15, -0.1) is 0 Å². The summed E-state index contributed by atoms with van der Waals surface area (Å²) >= 11 is 14.9. The lowest BCUT2D eigenvalue weighted by Crippen LogP contribution is -2.24. The van der Waals surface area contributed by atoms with E-state index in [9.17, 15) is 4.79 Å². The van der Waals surface area contributed by atoms with Crippen LogP contribution in [0.15, 0.2) is 39.7 Å². The van der Waals surface area contributed by atoms with Gasteiger partial charge in [0, 0.05) is 5.02 Å². The summed E-state index contributed by atoms with van der Waals surface area (Å²) in [7, 11) is 0. The SMILES string of the molecule is O=c1c(Br)c(Cl)cnn1Cc1ccccc1Cl. The van der Waals surface area contributed by atoms with Crippen LogP contribution >= 0.6 is 39.1 Å². The van der Waals surface area contributed by atoms with Crippen molar-refractivity contribution in [2.24, 2.45) is 0 Å². The van der Waals surface area contributed by atoms with Gasteiger partial charge >= 0.3 is 0 Å². The summed E-state index contributed by atoms with van der Waals surface area (Å²) in [4.78, 5) is 11.8. The van der Waals surface area contributed by atoms with E-state index in [0.29, 0.717) is 21.1 Å². The molecule has 2 aromatic rings. The fourth-order valence-electron chi connectivity index (χ4n) is 1.35. The molecule has 0 aliphatic carbocycles. The second kappa shape index (κ2) is 5.21. The molecule has 1 heterocycles. The van der Waals surface area contributed by atoms with Crippen molar-refractivity contribution in [2.75, 3.05) is 0 Å². The lowest BCUT2D eigenvalue weighted by Gasteiger charge is -2.07. The molecule has 0 atom stereocenters. The van der Waals surface area contributed by atoms with Gasteiger partial charge in [-0.2, -0.15) is 5.10 Å². The molecule has 2 rings (SSSR count). The van der Waals surface area contributed by atoms with Crippen LogP contribution in [0.25, 0.3) is 0 Å². The average Bonchev–Trinajstić information content (AvgIpc) is 2.32. The van der Waals surface area contributed by atoms with Crippen molar-refractivity contribution in [1.82, 2.24) is 9.78 Å². The molecule has 3 nitrogen and oxygen atoms in total. The maximum atomic E-state index is 11.8. The lowest BCUT2D eigenvalue weighted by atomic mass is 10.2. The van der Waals surface area contributed by atoms with E-state index in [0.717, 1.165) is 5.56 Å². The van der Waals surface area contributed by atoms with Crippen LogP contribution in [0.2, 0.25) is 10.0 Å². The average molecular weight is 334 g/mol. The van der Waals surface area contributed by atoms with Crippen LogP contribution in [0.3, 0.4) is 0 Å². The molecule has 1 aromatic carbocycles. The molecule has 17 heavy (non-hydrogen) atoms. The van der Waals surface area contributed by atoms with Gasteiger partial charge in [-0.25, -0.2) is 4.68 Å². The molecule has 1 aromatic heterocycles. The number of rotatable bonds is 2. The molecule has 0 N–H and O–H groups in total. The fourth-order valence-corrected chi connectivity index (χ4v) is 1.97. The lowest BCUT2D eigenvalue weighted by molar-refractivity contribution is 0.635. The first-order chi connectivity index (χ1) is 8.09. The minimum atomic E-state index is -0.280. The van der Waals surface area contributed by atoms with Crippen LogP contribution in [-0.2, 0) is 6.54 Å². The number of benzene rings is 1. The van der Waals surface area contributed by atoms with Crippen molar-refractivity contribution in [2.45, 2.75) is 6.54 Å². The molecule has 6 heteroatoms. The highest BCUT2D eigenvalue weighted by molar-refractivity contribution is 9.10. The van der Waals surface area contributed by atoms with Crippen molar-refractivity contribution >= 4 is 39.1 Å². The van der Waals surface area contributed by atoms with E-state index in [1.54, 1.807) is 6.07 Å². The van der Waals surface area contributed by atoms with Crippen molar-refractivity contribution in [3.63, 3.8) is 0 Å². The van der Waals surface area contributed by atoms with Gasteiger partial charge in [0.15, 0.2) is 0 Å². The zero-order valence-electron chi connectivity index (χ0n) is 8.53. The normalized spacial score (nSPS) is 10.5. The van der Waals surface area contributed by atoms with E-state index in [1.165, 1.54) is 10.9 Å². The standard InChI is InChI=1S/C11H7BrCl2N2O/c12-10-9(14)5-15-16(11(10)17)6-7-3-1-2-4-8(7)13/h1-5H,6H2. The number of halogens is 3. The molecule has 0 saturated heterocycles. The van der Waals surface area contributed by atoms with Gasteiger partial charge in [0.2, 0.25) is 0 Å². The smallest absolute Gasteiger partial charge is 0.266 e. The Balaban J connectivity index is 2.41. The summed E-state index contributed by atoms with van der Waals surface area (Å²) in [5.41, 5.74) is 0.551. The van der Waals surface area contributed by atoms with Gasteiger partial charge < -0.3 is 0 Å². The van der Waals surface area contributed by atoms with E-state index in [1.807, 2.05) is 18.2 Å². The first-order valence-corrected chi connectivity index (χ1v) is 6.29. The quantitative estimate of drug-likeness (QED) is 0.844. The van der Waals surface area contributed by atoms with Crippen LogP contribution in [0.1, 0.15) is 5.56 Å². The molecule has 0 aliphatic rings. The Labute approximate surface area is 116 Å². The highest BCUT2D eigenvalue weighted by atomic mass is 79.9. The van der Waals surface area contributed by atoms with Gasteiger partial charge in [0.05, 0.1) is 17.8 Å². The zero-order chi connectivity index (χ0) is 12.4. The summed E-state index contributed by atoms with van der Waals surface area (Å²) in [6.45, 7) is 0.314. The highest BCUT2D eigenvalue weighted by Gasteiger charge is 2.08. The van der Waals surface area contributed by atoms with E-state index in [-0.39, 0.29) is 5.56 Å². The van der Waals surface area contributed by atoms with Crippen LogP contribution in [0.5, 0.6) is 0 Å². The van der Waals surface area contributed by atoms with Crippen LogP contribution < -0.4 is 5.56 Å². The minimum absolute atomic E-state index is 0.280. The van der Waals surface area contributed by atoms with Crippen LogP contribution in [0, 0.1) is 0 Å². The Morgan fingerprint density at radius 2 is 1.94 bits per heavy atom. The number of nitrogens with zero attached hydrogens (tertiary/aromatic N) is 2. The largest absolute Gasteiger partial charge is 0.282 e. The highest BCUT2D eigenvalue weighted by Crippen LogP contribution is 2.18. The molecule has 0 radical (unpaired) electrons. The number of hydrogen-bond donors (Lipinski definition) is 0. The monoisotopic (exact) mass is 332 g/mol. The third-order valence-corrected chi connectivity index (χ3v) is 3.87. The predicted octanol–water partition coefficient (Wildman–Crippen LogP) is 3.36. The van der Waals surface area contributed by atoms with Crippen molar-refractivity contribution in [3.05, 3.63) is 60.9 Å². The van der Waals surface area contributed by atoms with Crippen LogP contribution in [0.4, 0.5) is 0 Å². The molecule has 0 bridgehead atoms. The fraction of sp³-hybridized carbons (Fsp3) is 0.0909. The topological polar surface area (TPSA) is 34.9 Å². The van der Waals surface area contributed by atoms with Gasteiger partial charge in [0.25, 0.3) is 5.56 Å². The number of aromatic nitrogens is 2.